The minimum Gasteiger partial charge on any atom is -0.387 e. The first kappa shape index (κ1) is 56.2. The number of phosphoric ester groups is 1. The summed E-state index contributed by atoms with van der Waals surface area (Å²) in [4.78, 5) is 23.0. The van der Waals surface area contributed by atoms with Crippen molar-refractivity contribution in [3.63, 3.8) is 0 Å². The van der Waals surface area contributed by atoms with E-state index in [1.54, 1.807) is 6.08 Å². The number of likely N-dealkylation sites (N-methyl/N-ethyl adjacent to an activating group) is 1. The summed E-state index contributed by atoms with van der Waals surface area (Å²) in [6.07, 6.45) is 47.8. The molecule has 0 heterocycles. The van der Waals surface area contributed by atoms with Crippen molar-refractivity contribution >= 4 is 13.7 Å². The average molecular weight is 830 g/mol. The number of hydrogen-bond acceptors (Lipinski definition) is 5. The van der Waals surface area contributed by atoms with Gasteiger partial charge in [0.15, 0.2) is 0 Å². The summed E-state index contributed by atoms with van der Waals surface area (Å²) in [6.45, 7) is 4.75. The molecule has 1 amide bonds. The molecule has 0 saturated carbocycles. The molecular formula is C48H98N2O6P+. The lowest BCUT2D eigenvalue weighted by Gasteiger charge is -2.25. The highest BCUT2D eigenvalue weighted by Crippen LogP contribution is 2.43. The zero-order chi connectivity index (χ0) is 42.1. The molecular weight excluding hydrogens is 732 g/mol. The highest BCUT2D eigenvalue weighted by molar-refractivity contribution is 7.47. The van der Waals surface area contributed by atoms with E-state index in [4.69, 9.17) is 9.05 Å². The van der Waals surface area contributed by atoms with Gasteiger partial charge in [-0.1, -0.05) is 225 Å². The van der Waals surface area contributed by atoms with E-state index in [9.17, 15) is 19.4 Å². The van der Waals surface area contributed by atoms with E-state index in [0.29, 0.717) is 17.4 Å². The molecule has 0 aromatic carbocycles. The standard InChI is InChI=1S/C48H97N2O6P/c1-6-8-10-12-14-15-16-17-18-19-20-21-22-23-24-25-26-27-28-29-30-31-32-33-34-35-36-38-40-42-48(52)49-46(47(51)41-39-37-13-11-9-7-2)45-56-57(53,54)55-44-43-50(3,4)5/h39,41,46-47,51H,6-38,40,42-45H2,1-5H3,(H-,49,52,53,54)/p+1/b41-39+. The van der Waals surface area contributed by atoms with Crippen molar-refractivity contribution in [2.75, 3.05) is 40.9 Å². The maximum Gasteiger partial charge on any atom is 0.472 e. The minimum absolute atomic E-state index is 0.0637. The van der Waals surface area contributed by atoms with Crippen LogP contribution in [0.1, 0.15) is 239 Å². The second-order valence-electron chi connectivity index (χ2n) is 18.2. The minimum atomic E-state index is -4.32. The van der Waals surface area contributed by atoms with Crippen molar-refractivity contribution in [1.82, 2.24) is 5.32 Å². The van der Waals surface area contributed by atoms with Gasteiger partial charge >= 0.3 is 7.82 Å². The Morgan fingerprint density at radius 1 is 0.579 bits per heavy atom. The van der Waals surface area contributed by atoms with Crippen LogP contribution in [0.2, 0.25) is 0 Å². The van der Waals surface area contributed by atoms with Gasteiger partial charge in [-0.05, 0) is 19.3 Å². The molecule has 57 heavy (non-hydrogen) atoms. The summed E-state index contributed by atoms with van der Waals surface area (Å²) in [5, 5.41) is 13.7. The number of allylic oxidation sites excluding steroid dienone is 1. The summed E-state index contributed by atoms with van der Waals surface area (Å²) in [5.41, 5.74) is 0. The number of phosphoric acid groups is 1. The van der Waals surface area contributed by atoms with Crippen LogP contribution in [-0.4, -0.2) is 73.4 Å². The molecule has 0 aliphatic heterocycles. The number of aliphatic hydroxyl groups excluding tert-OH is 1. The first-order chi connectivity index (χ1) is 27.5. The Morgan fingerprint density at radius 2 is 0.930 bits per heavy atom. The largest absolute Gasteiger partial charge is 0.472 e. The fourth-order valence-electron chi connectivity index (χ4n) is 7.34. The lowest BCUT2D eigenvalue weighted by atomic mass is 10.0. The van der Waals surface area contributed by atoms with Crippen LogP contribution in [-0.2, 0) is 18.4 Å². The summed E-state index contributed by atoms with van der Waals surface area (Å²) < 4.78 is 23.4. The molecule has 0 bridgehead atoms. The molecule has 0 aliphatic rings. The van der Waals surface area contributed by atoms with Crippen LogP contribution < -0.4 is 5.32 Å². The van der Waals surface area contributed by atoms with Crippen LogP contribution in [0.25, 0.3) is 0 Å². The zero-order valence-electron chi connectivity index (χ0n) is 38.6. The van der Waals surface area contributed by atoms with Crippen LogP contribution in [0.4, 0.5) is 0 Å². The summed E-state index contributed by atoms with van der Waals surface area (Å²) in [6, 6.07) is -0.837. The summed E-state index contributed by atoms with van der Waals surface area (Å²) in [5.74, 6) is -0.178. The molecule has 340 valence electrons. The average Bonchev–Trinajstić information content (AvgIpc) is 3.16. The van der Waals surface area contributed by atoms with Gasteiger partial charge in [0, 0.05) is 6.42 Å². The first-order valence-corrected chi connectivity index (χ1v) is 26.1. The maximum absolute atomic E-state index is 12.8. The molecule has 3 N–H and O–H groups in total. The first-order valence-electron chi connectivity index (χ1n) is 24.6. The predicted octanol–water partition coefficient (Wildman–Crippen LogP) is 13.9. The third-order valence-corrected chi connectivity index (χ3v) is 12.2. The fourth-order valence-corrected chi connectivity index (χ4v) is 8.07. The number of nitrogens with one attached hydrogen (secondary N) is 1. The number of amides is 1. The molecule has 0 fully saturated rings. The van der Waals surface area contributed by atoms with E-state index in [2.05, 4.69) is 19.2 Å². The van der Waals surface area contributed by atoms with Crippen molar-refractivity contribution in [2.24, 2.45) is 0 Å². The van der Waals surface area contributed by atoms with E-state index < -0.39 is 20.0 Å². The number of unbranched alkanes of at least 4 members (excludes halogenated alkanes) is 32. The number of carbonyl (C=O) groups is 1. The van der Waals surface area contributed by atoms with Gasteiger partial charge in [-0.25, -0.2) is 4.57 Å². The van der Waals surface area contributed by atoms with Crippen molar-refractivity contribution in [3.8, 4) is 0 Å². The molecule has 3 unspecified atom stereocenters. The molecule has 9 heteroatoms. The van der Waals surface area contributed by atoms with Gasteiger partial charge < -0.3 is 19.8 Å². The number of nitrogens with zero attached hydrogens (tertiary/aromatic N) is 1. The van der Waals surface area contributed by atoms with Crippen LogP contribution in [0.5, 0.6) is 0 Å². The van der Waals surface area contributed by atoms with Gasteiger partial charge in [-0.15, -0.1) is 0 Å². The quantitative estimate of drug-likeness (QED) is 0.0244. The highest BCUT2D eigenvalue weighted by Gasteiger charge is 2.27. The second-order valence-corrected chi connectivity index (χ2v) is 19.7. The number of hydrogen-bond donors (Lipinski definition) is 3. The molecule has 0 aromatic heterocycles. The molecule has 0 spiro atoms. The number of carbonyl (C=O) groups excluding carboxylic acids is 1. The topological polar surface area (TPSA) is 105 Å². The Bertz CT molecular complexity index is 942. The Balaban J connectivity index is 3.86. The molecule has 3 atom stereocenters. The Labute approximate surface area is 354 Å². The smallest absolute Gasteiger partial charge is 0.387 e. The molecule has 0 radical (unpaired) electrons. The van der Waals surface area contributed by atoms with Crippen LogP contribution in [0, 0.1) is 0 Å². The molecule has 0 rings (SSSR count). The maximum atomic E-state index is 12.8. The fraction of sp³-hybridized carbons (Fsp3) is 0.938. The molecule has 0 aromatic rings. The van der Waals surface area contributed by atoms with E-state index in [1.165, 1.54) is 173 Å². The lowest BCUT2D eigenvalue weighted by molar-refractivity contribution is -0.870. The third-order valence-electron chi connectivity index (χ3n) is 11.3. The van der Waals surface area contributed by atoms with E-state index in [0.717, 1.165) is 44.9 Å². The number of aliphatic hydroxyl groups is 1. The van der Waals surface area contributed by atoms with Crippen molar-refractivity contribution in [1.29, 1.82) is 0 Å². The van der Waals surface area contributed by atoms with Gasteiger partial charge in [0.05, 0.1) is 39.9 Å². The summed E-state index contributed by atoms with van der Waals surface area (Å²) in [7, 11) is 1.58. The van der Waals surface area contributed by atoms with Gasteiger partial charge in [-0.3, -0.25) is 13.8 Å². The monoisotopic (exact) mass is 830 g/mol. The molecule has 0 saturated heterocycles. The molecule has 8 nitrogen and oxygen atoms in total. The third kappa shape index (κ3) is 43.1. The molecule has 0 aliphatic carbocycles. The normalized spacial score (nSPS) is 14.3. The van der Waals surface area contributed by atoms with Crippen LogP contribution >= 0.6 is 7.82 Å². The van der Waals surface area contributed by atoms with Gasteiger partial charge in [0.2, 0.25) is 5.91 Å². The Kier molecular flexibility index (Phi) is 40.1. The van der Waals surface area contributed by atoms with E-state index in [1.807, 2.05) is 27.2 Å². The number of rotatable bonds is 45. The summed E-state index contributed by atoms with van der Waals surface area (Å²) >= 11 is 0. The van der Waals surface area contributed by atoms with Crippen LogP contribution in [0.3, 0.4) is 0 Å². The van der Waals surface area contributed by atoms with Crippen molar-refractivity contribution < 1.29 is 32.9 Å². The van der Waals surface area contributed by atoms with Gasteiger partial charge in [0.25, 0.3) is 0 Å². The van der Waals surface area contributed by atoms with Gasteiger partial charge in [0.1, 0.15) is 13.2 Å². The van der Waals surface area contributed by atoms with E-state index >= 15 is 0 Å². The van der Waals surface area contributed by atoms with Gasteiger partial charge in [-0.2, -0.15) is 0 Å². The van der Waals surface area contributed by atoms with Crippen LogP contribution in [0.15, 0.2) is 12.2 Å². The zero-order valence-corrected chi connectivity index (χ0v) is 39.5. The Hall–Kier alpha value is -0.760. The van der Waals surface area contributed by atoms with E-state index in [-0.39, 0.29) is 19.1 Å². The Morgan fingerprint density at radius 3 is 1.30 bits per heavy atom. The lowest BCUT2D eigenvalue weighted by Crippen LogP contribution is -2.45. The van der Waals surface area contributed by atoms with Crippen molar-refractivity contribution in [3.05, 3.63) is 12.2 Å². The predicted molar refractivity (Wildman–Crippen MR) is 245 cm³/mol. The second kappa shape index (κ2) is 40.6. The highest BCUT2D eigenvalue weighted by atomic mass is 31.2. The van der Waals surface area contributed by atoms with Crippen molar-refractivity contribution in [2.45, 2.75) is 251 Å². The number of quaternary nitrogens is 1. The SMILES string of the molecule is CCCCCC/C=C/C(O)C(COP(=O)(O)OCC[N+](C)(C)C)NC(=O)CCCCCCCCCCCCCCCCCCCCCCCCCCCCCCC.